The molecule has 0 spiro atoms. The lowest BCUT2D eigenvalue weighted by molar-refractivity contribution is -0.137. The zero-order valence-electron chi connectivity index (χ0n) is 13.0. The van der Waals surface area contributed by atoms with Crippen molar-refractivity contribution < 1.29 is 13.2 Å². The number of benzene rings is 1. The molecule has 25 heavy (non-hydrogen) atoms. The van der Waals surface area contributed by atoms with Crippen LogP contribution in [-0.2, 0) is 12.8 Å². The van der Waals surface area contributed by atoms with Gasteiger partial charge in [-0.15, -0.1) is 0 Å². The SMILES string of the molecule is [C-]#[N+]Cn1ncc2c(Nc3ncc(C(F)(F)F)c(NC)n3)cccc21. The molecule has 0 unspecified atom stereocenters. The first-order chi connectivity index (χ1) is 11.9. The summed E-state index contributed by atoms with van der Waals surface area (Å²) < 4.78 is 40.2. The number of alkyl halides is 3. The summed E-state index contributed by atoms with van der Waals surface area (Å²) in [5.74, 6) is -0.302. The largest absolute Gasteiger partial charge is 0.421 e. The lowest BCUT2D eigenvalue weighted by Crippen LogP contribution is -2.12. The molecule has 2 aromatic heterocycles. The van der Waals surface area contributed by atoms with Crippen LogP contribution < -0.4 is 10.6 Å². The molecule has 0 radical (unpaired) electrons. The van der Waals surface area contributed by atoms with Crippen molar-refractivity contribution in [3.8, 4) is 0 Å². The average molecular weight is 347 g/mol. The summed E-state index contributed by atoms with van der Waals surface area (Å²) >= 11 is 0. The number of hydrogen-bond donors (Lipinski definition) is 2. The Hall–Kier alpha value is -3.35. The molecule has 0 saturated carbocycles. The lowest BCUT2D eigenvalue weighted by Gasteiger charge is -2.13. The third kappa shape index (κ3) is 3.16. The third-order valence-corrected chi connectivity index (χ3v) is 3.47. The second-order valence-corrected chi connectivity index (χ2v) is 5.01. The van der Waals surface area contributed by atoms with E-state index in [1.54, 1.807) is 24.4 Å². The predicted octanol–water partition coefficient (Wildman–Crippen LogP) is 3.51. The van der Waals surface area contributed by atoms with Crippen LogP contribution in [0.5, 0.6) is 0 Å². The highest BCUT2D eigenvalue weighted by Gasteiger charge is 2.35. The van der Waals surface area contributed by atoms with Crippen molar-refractivity contribution in [1.29, 1.82) is 0 Å². The molecule has 0 atom stereocenters. The maximum Gasteiger partial charge on any atom is 0.421 e. The van der Waals surface area contributed by atoms with Crippen LogP contribution in [0, 0.1) is 6.57 Å². The molecule has 128 valence electrons. The Morgan fingerprint density at radius 1 is 1.28 bits per heavy atom. The minimum Gasteiger partial charge on any atom is -0.372 e. The molecule has 2 heterocycles. The number of nitrogens with one attached hydrogen (secondary N) is 2. The van der Waals surface area contributed by atoms with Gasteiger partial charge in [-0.1, -0.05) is 6.07 Å². The van der Waals surface area contributed by atoms with Crippen LogP contribution in [-0.4, -0.2) is 26.8 Å². The summed E-state index contributed by atoms with van der Waals surface area (Å²) in [4.78, 5) is 10.9. The summed E-state index contributed by atoms with van der Waals surface area (Å²) in [5.41, 5.74) is 0.362. The smallest absolute Gasteiger partial charge is 0.372 e. The number of anilines is 3. The molecular formula is C15H12F3N7. The van der Waals surface area contributed by atoms with Gasteiger partial charge < -0.3 is 10.6 Å². The van der Waals surface area contributed by atoms with Crippen LogP contribution in [0.15, 0.2) is 30.6 Å². The predicted molar refractivity (Wildman–Crippen MR) is 86.2 cm³/mol. The zero-order valence-corrected chi connectivity index (χ0v) is 13.0. The molecule has 1 aromatic carbocycles. The van der Waals surface area contributed by atoms with Crippen LogP contribution in [0.25, 0.3) is 15.7 Å². The Bertz CT molecular complexity index is 956. The van der Waals surface area contributed by atoms with Gasteiger partial charge in [0.1, 0.15) is 11.4 Å². The van der Waals surface area contributed by atoms with Crippen molar-refractivity contribution in [2.75, 3.05) is 17.7 Å². The number of hydrogen-bond acceptors (Lipinski definition) is 5. The van der Waals surface area contributed by atoms with Crippen molar-refractivity contribution in [1.82, 2.24) is 19.7 Å². The fraction of sp³-hybridized carbons (Fsp3) is 0.200. The van der Waals surface area contributed by atoms with Gasteiger partial charge in [-0.2, -0.15) is 27.9 Å². The van der Waals surface area contributed by atoms with Crippen molar-refractivity contribution in [3.05, 3.63) is 47.6 Å². The van der Waals surface area contributed by atoms with E-state index < -0.39 is 11.7 Å². The number of aromatic nitrogens is 4. The first-order valence-electron chi connectivity index (χ1n) is 7.11. The molecule has 0 aliphatic rings. The minimum absolute atomic E-state index is 0.0165. The van der Waals surface area contributed by atoms with E-state index in [-0.39, 0.29) is 18.4 Å². The molecule has 0 saturated heterocycles. The van der Waals surface area contributed by atoms with E-state index in [0.29, 0.717) is 11.1 Å². The van der Waals surface area contributed by atoms with Crippen LogP contribution in [0.4, 0.5) is 30.6 Å². The summed E-state index contributed by atoms with van der Waals surface area (Å²) in [6.45, 7) is 7.01. The normalized spacial score (nSPS) is 11.3. The molecule has 10 heteroatoms. The molecule has 0 amide bonds. The molecule has 0 aliphatic carbocycles. The minimum atomic E-state index is -4.54. The molecule has 3 aromatic rings. The summed E-state index contributed by atoms with van der Waals surface area (Å²) in [5, 5.41) is 10.2. The summed E-state index contributed by atoms with van der Waals surface area (Å²) in [7, 11) is 1.36. The number of nitrogens with zero attached hydrogens (tertiary/aromatic N) is 5. The summed E-state index contributed by atoms with van der Waals surface area (Å²) in [6.07, 6.45) is -2.24. The highest BCUT2D eigenvalue weighted by Crippen LogP contribution is 2.34. The molecule has 0 bridgehead atoms. The van der Waals surface area contributed by atoms with Gasteiger partial charge in [0.05, 0.1) is 17.4 Å². The molecular weight excluding hydrogens is 335 g/mol. The maximum atomic E-state index is 12.9. The monoisotopic (exact) mass is 347 g/mol. The van der Waals surface area contributed by atoms with Crippen molar-refractivity contribution in [2.24, 2.45) is 0 Å². The summed E-state index contributed by atoms with van der Waals surface area (Å²) in [6, 6.07) is 5.27. The molecule has 7 nitrogen and oxygen atoms in total. The Morgan fingerprint density at radius 3 is 2.76 bits per heavy atom. The molecule has 3 rings (SSSR count). The van der Waals surface area contributed by atoms with Gasteiger partial charge in [0.2, 0.25) is 5.95 Å². The van der Waals surface area contributed by atoms with Crippen molar-refractivity contribution in [3.63, 3.8) is 0 Å². The van der Waals surface area contributed by atoms with E-state index in [1.807, 2.05) is 0 Å². The Kier molecular flexibility index (Phi) is 4.14. The fourth-order valence-corrected chi connectivity index (χ4v) is 2.35. The van der Waals surface area contributed by atoms with E-state index in [4.69, 9.17) is 6.57 Å². The Balaban J connectivity index is 1.98. The number of fused-ring (bicyclic) bond motifs is 1. The first-order valence-corrected chi connectivity index (χ1v) is 7.11. The van der Waals surface area contributed by atoms with Crippen molar-refractivity contribution in [2.45, 2.75) is 12.8 Å². The van der Waals surface area contributed by atoms with E-state index in [0.717, 1.165) is 11.7 Å². The van der Waals surface area contributed by atoms with Gasteiger partial charge in [-0.25, -0.2) is 11.6 Å². The van der Waals surface area contributed by atoms with Crippen LogP contribution in [0.2, 0.25) is 0 Å². The van der Waals surface area contributed by atoms with E-state index >= 15 is 0 Å². The maximum absolute atomic E-state index is 12.9. The highest BCUT2D eigenvalue weighted by molar-refractivity contribution is 5.92. The molecule has 2 N–H and O–H groups in total. The Morgan fingerprint density at radius 2 is 2.08 bits per heavy atom. The number of rotatable bonds is 4. The lowest BCUT2D eigenvalue weighted by atomic mass is 10.2. The quantitative estimate of drug-likeness (QED) is 0.707. The van der Waals surface area contributed by atoms with Gasteiger partial charge >= 0.3 is 12.8 Å². The van der Waals surface area contributed by atoms with Gasteiger partial charge in [-0.05, 0) is 12.1 Å². The fourth-order valence-electron chi connectivity index (χ4n) is 2.35. The van der Waals surface area contributed by atoms with E-state index in [2.05, 4.69) is 30.5 Å². The van der Waals surface area contributed by atoms with Gasteiger partial charge in [-0.3, -0.25) is 4.85 Å². The van der Waals surface area contributed by atoms with Gasteiger partial charge in [0, 0.05) is 18.6 Å². The standard InChI is InChI=1S/C15H12F3N7/c1-19-8-25-12-5-3-4-11(9(12)6-22-25)23-14-21-7-10(15(16,17)18)13(20-2)24-14/h3-7H,8H2,2H3,(H2,20,21,23,24). The second kappa shape index (κ2) is 6.27. The molecule has 0 fully saturated rings. The van der Waals surface area contributed by atoms with Crippen LogP contribution in [0.3, 0.4) is 0 Å². The topological polar surface area (TPSA) is 72.0 Å². The zero-order chi connectivity index (χ0) is 18.0. The second-order valence-electron chi connectivity index (χ2n) is 5.01. The van der Waals surface area contributed by atoms with E-state index in [1.165, 1.54) is 11.7 Å². The van der Waals surface area contributed by atoms with Crippen LogP contribution >= 0.6 is 0 Å². The van der Waals surface area contributed by atoms with Crippen molar-refractivity contribution >= 4 is 28.4 Å². The molecule has 0 aliphatic heterocycles. The Labute approximate surface area is 140 Å². The van der Waals surface area contributed by atoms with Gasteiger partial charge in [0.25, 0.3) is 0 Å². The average Bonchev–Trinajstić information content (AvgIpc) is 2.98. The van der Waals surface area contributed by atoms with Gasteiger partial charge in [0.15, 0.2) is 0 Å². The third-order valence-electron chi connectivity index (χ3n) is 3.47. The number of halogens is 3. The van der Waals surface area contributed by atoms with E-state index in [9.17, 15) is 13.2 Å². The van der Waals surface area contributed by atoms with Crippen LogP contribution in [0.1, 0.15) is 5.56 Å². The highest BCUT2D eigenvalue weighted by atomic mass is 19.4. The first kappa shape index (κ1) is 16.5.